The minimum Gasteiger partial charge on any atom is -0.514 e. The Bertz CT molecular complexity index is 390. The first-order valence-corrected chi connectivity index (χ1v) is 5.65. The fourth-order valence-corrected chi connectivity index (χ4v) is 2.16. The third kappa shape index (κ3) is 3.28. The number of aliphatic hydroxyl groups excluding tert-OH is 1. The highest BCUT2D eigenvalue weighted by atomic mass is 79.9. The van der Waals surface area contributed by atoms with Gasteiger partial charge < -0.3 is 9.84 Å². The normalized spacial score (nSPS) is 11.2. The van der Waals surface area contributed by atoms with Gasteiger partial charge >= 0.3 is 5.97 Å². The molecule has 15 heavy (non-hydrogen) atoms. The van der Waals surface area contributed by atoms with E-state index in [9.17, 15) is 4.79 Å². The molecule has 0 spiro atoms. The molecule has 0 unspecified atom stereocenters. The molecule has 0 heterocycles. The van der Waals surface area contributed by atoms with Crippen molar-refractivity contribution in [1.82, 2.24) is 0 Å². The predicted molar refractivity (Wildman–Crippen MR) is 62.7 cm³/mol. The second-order valence-electron chi connectivity index (χ2n) is 2.52. The van der Waals surface area contributed by atoms with Crippen LogP contribution in [0.15, 0.2) is 44.8 Å². The fraction of sp³-hybridized carbons (Fsp3) is 0.100. The third-order valence-electron chi connectivity index (χ3n) is 1.56. The standard InChI is InChI=1S/C10H9BrO3S/c1-14-10(13)9(6-12)15-8-5-3-2-4-7(8)11/h2-6,12H,1H3/b9-6+. The molecule has 0 saturated heterocycles. The van der Waals surface area contributed by atoms with Crippen molar-refractivity contribution in [2.24, 2.45) is 0 Å². The van der Waals surface area contributed by atoms with Crippen molar-refractivity contribution in [2.75, 3.05) is 7.11 Å². The predicted octanol–water partition coefficient (Wildman–Crippen LogP) is 3.11. The summed E-state index contributed by atoms with van der Waals surface area (Å²) < 4.78 is 5.37. The van der Waals surface area contributed by atoms with Gasteiger partial charge in [-0.3, -0.25) is 0 Å². The summed E-state index contributed by atoms with van der Waals surface area (Å²) in [5.41, 5.74) is 0. The first kappa shape index (κ1) is 12.1. The molecule has 5 heteroatoms. The number of hydrogen-bond donors (Lipinski definition) is 1. The summed E-state index contributed by atoms with van der Waals surface area (Å²) in [7, 11) is 1.27. The molecule has 0 radical (unpaired) electrons. The van der Waals surface area contributed by atoms with Crippen LogP contribution in [-0.4, -0.2) is 18.2 Å². The highest BCUT2D eigenvalue weighted by Gasteiger charge is 2.12. The molecule has 0 aliphatic carbocycles. The molecular formula is C10H9BrO3S. The van der Waals surface area contributed by atoms with Crippen molar-refractivity contribution in [3.8, 4) is 0 Å². The van der Waals surface area contributed by atoms with E-state index in [0.29, 0.717) is 0 Å². The van der Waals surface area contributed by atoms with Crippen molar-refractivity contribution >= 4 is 33.7 Å². The van der Waals surface area contributed by atoms with Gasteiger partial charge in [-0.25, -0.2) is 4.79 Å². The maximum absolute atomic E-state index is 11.2. The summed E-state index contributed by atoms with van der Waals surface area (Å²) >= 11 is 4.48. The number of ether oxygens (including phenoxy) is 1. The first-order valence-electron chi connectivity index (χ1n) is 4.04. The van der Waals surface area contributed by atoms with E-state index in [2.05, 4.69) is 20.7 Å². The summed E-state index contributed by atoms with van der Waals surface area (Å²) in [5, 5.41) is 8.88. The molecule has 0 fully saturated rings. The van der Waals surface area contributed by atoms with Gasteiger partial charge in [0.25, 0.3) is 0 Å². The average molecular weight is 289 g/mol. The lowest BCUT2D eigenvalue weighted by atomic mass is 10.4. The largest absolute Gasteiger partial charge is 0.514 e. The SMILES string of the molecule is COC(=O)/C(=C\O)Sc1ccccc1Br. The maximum Gasteiger partial charge on any atom is 0.347 e. The number of thioether (sulfide) groups is 1. The number of carbonyl (C=O) groups excluding carboxylic acids is 1. The Balaban J connectivity index is 2.86. The van der Waals surface area contributed by atoms with E-state index in [-0.39, 0.29) is 4.91 Å². The number of carbonyl (C=O) groups is 1. The van der Waals surface area contributed by atoms with Crippen LogP contribution >= 0.6 is 27.7 Å². The number of benzene rings is 1. The number of esters is 1. The van der Waals surface area contributed by atoms with Crippen molar-refractivity contribution in [1.29, 1.82) is 0 Å². The summed E-state index contributed by atoms with van der Waals surface area (Å²) in [6, 6.07) is 7.41. The molecule has 0 bridgehead atoms. The summed E-state index contributed by atoms with van der Waals surface area (Å²) in [6.07, 6.45) is 0.746. The van der Waals surface area contributed by atoms with Gasteiger partial charge in [0.15, 0.2) is 0 Å². The second kappa shape index (κ2) is 5.82. The van der Waals surface area contributed by atoms with Crippen LogP contribution in [0.1, 0.15) is 0 Å². The quantitative estimate of drug-likeness (QED) is 0.402. The van der Waals surface area contributed by atoms with Crippen LogP contribution in [0.3, 0.4) is 0 Å². The number of halogens is 1. The molecule has 0 atom stereocenters. The topological polar surface area (TPSA) is 46.5 Å². The van der Waals surface area contributed by atoms with Crippen molar-refractivity contribution in [3.05, 3.63) is 39.9 Å². The van der Waals surface area contributed by atoms with Crippen LogP contribution in [0.25, 0.3) is 0 Å². The van der Waals surface area contributed by atoms with Gasteiger partial charge in [0.05, 0.1) is 7.11 Å². The Morgan fingerprint density at radius 1 is 1.53 bits per heavy atom. The Hall–Kier alpha value is -0.940. The minimum atomic E-state index is -0.557. The monoisotopic (exact) mass is 288 g/mol. The smallest absolute Gasteiger partial charge is 0.347 e. The van der Waals surface area contributed by atoms with Crippen LogP contribution in [0, 0.1) is 0 Å². The lowest BCUT2D eigenvalue weighted by Gasteiger charge is -2.05. The average Bonchev–Trinajstić information content (AvgIpc) is 2.27. The highest BCUT2D eigenvalue weighted by molar-refractivity contribution is 9.10. The van der Waals surface area contributed by atoms with Crippen LogP contribution in [-0.2, 0) is 9.53 Å². The lowest BCUT2D eigenvalue weighted by Crippen LogP contribution is -2.01. The molecule has 80 valence electrons. The summed E-state index contributed by atoms with van der Waals surface area (Å²) in [4.78, 5) is 12.2. The molecule has 1 aromatic carbocycles. The number of hydrogen-bond acceptors (Lipinski definition) is 4. The number of rotatable bonds is 3. The second-order valence-corrected chi connectivity index (χ2v) is 4.46. The summed E-state index contributed by atoms with van der Waals surface area (Å²) in [6.45, 7) is 0. The van der Waals surface area contributed by atoms with E-state index in [1.165, 1.54) is 7.11 Å². The molecule has 0 aromatic heterocycles. The highest BCUT2D eigenvalue weighted by Crippen LogP contribution is 2.32. The van der Waals surface area contributed by atoms with Crippen molar-refractivity contribution in [3.63, 3.8) is 0 Å². The van der Waals surface area contributed by atoms with Crippen LogP contribution < -0.4 is 0 Å². The Kier molecular flexibility index (Phi) is 4.71. The van der Waals surface area contributed by atoms with Gasteiger partial charge in [0.2, 0.25) is 0 Å². The van der Waals surface area contributed by atoms with E-state index < -0.39 is 5.97 Å². The molecule has 0 aliphatic heterocycles. The molecule has 0 amide bonds. The molecule has 1 rings (SSSR count). The Labute approximate surface area is 100 Å². The third-order valence-corrected chi connectivity index (χ3v) is 3.58. The van der Waals surface area contributed by atoms with Crippen LogP contribution in [0.5, 0.6) is 0 Å². The van der Waals surface area contributed by atoms with E-state index in [0.717, 1.165) is 27.4 Å². The van der Waals surface area contributed by atoms with Gasteiger partial charge in [-0.05, 0) is 28.1 Å². The maximum atomic E-state index is 11.2. The molecule has 0 saturated carbocycles. The zero-order valence-corrected chi connectivity index (χ0v) is 10.3. The minimum absolute atomic E-state index is 0.143. The van der Waals surface area contributed by atoms with Gasteiger partial charge in [0.1, 0.15) is 11.2 Å². The Morgan fingerprint density at radius 2 is 2.20 bits per heavy atom. The zero-order valence-electron chi connectivity index (χ0n) is 7.94. The van der Waals surface area contributed by atoms with E-state index in [4.69, 9.17) is 5.11 Å². The van der Waals surface area contributed by atoms with E-state index >= 15 is 0 Å². The molecule has 1 aromatic rings. The summed E-state index contributed by atoms with van der Waals surface area (Å²) in [5.74, 6) is -0.557. The van der Waals surface area contributed by atoms with Gasteiger partial charge in [-0.1, -0.05) is 23.9 Å². The van der Waals surface area contributed by atoms with E-state index in [1.807, 2.05) is 24.3 Å². The van der Waals surface area contributed by atoms with Gasteiger partial charge in [-0.15, -0.1) is 0 Å². The number of aliphatic hydroxyl groups is 1. The fourth-order valence-electron chi connectivity index (χ4n) is 0.867. The number of methoxy groups -OCH3 is 1. The molecular weight excluding hydrogens is 280 g/mol. The molecule has 1 N–H and O–H groups in total. The molecule has 3 nitrogen and oxygen atoms in total. The molecule has 0 aliphatic rings. The van der Waals surface area contributed by atoms with Crippen molar-refractivity contribution in [2.45, 2.75) is 4.90 Å². The van der Waals surface area contributed by atoms with Gasteiger partial charge in [0, 0.05) is 9.37 Å². The Morgan fingerprint density at radius 3 is 2.73 bits per heavy atom. The van der Waals surface area contributed by atoms with Crippen LogP contribution in [0.2, 0.25) is 0 Å². The van der Waals surface area contributed by atoms with E-state index in [1.54, 1.807) is 0 Å². The lowest BCUT2D eigenvalue weighted by molar-refractivity contribution is -0.135. The van der Waals surface area contributed by atoms with Crippen LogP contribution in [0.4, 0.5) is 0 Å². The zero-order chi connectivity index (χ0) is 11.3. The van der Waals surface area contributed by atoms with Crippen molar-refractivity contribution < 1.29 is 14.6 Å². The first-order chi connectivity index (χ1) is 7.19. The van der Waals surface area contributed by atoms with Gasteiger partial charge in [-0.2, -0.15) is 0 Å².